The third-order valence-electron chi connectivity index (χ3n) is 5.68. The summed E-state index contributed by atoms with van der Waals surface area (Å²) < 4.78 is 5.24. The first-order chi connectivity index (χ1) is 14.2. The quantitative estimate of drug-likeness (QED) is 0.149. The van der Waals surface area contributed by atoms with E-state index in [0.717, 1.165) is 12.8 Å². The number of carbonyl (C=O) groups is 2. The van der Waals surface area contributed by atoms with Gasteiger partial charge in [0.15, 0.2) is 0 Å². The monoisotopic (exact) mass is 407 g/mol. The Bertz CT molecular complexity index is 447. The Kier molecular flexibility index (Phi) is 16.6. The highest BCUT2D eigenvalue weighted by Gasteiger charge is 2.28. The molecule has 4 heteroatoms. The van der Waals surface area contributed by atoms with Crippen molar-refractivity contribution in [1.29, 1.82) is 0 Å². The number of allylic oxidation sites excluding steroid dienone is 2. The van der Waals surface area contributed by atoms with Gasteiger partial charge in [-0.05, 0) is 38.5 Å². The Morgan fingerprint density at radius 1 is 0.862 bits per heavy atom. The summed E-state index contributed by atoms with van der Waals surface area (Å²) in [6.45, 7) is 2.75. The summed E-state index contributed by atoms with van der Waals surface area (Å²) in [6.07, 6.45) is 26.4. The van der Waals surface area contributed by atoms with E-state index in [-0.39, 0.29) is 11.9 Å². The molecule has 1 rings (SSSR count). The molecule has 4 nitrogen and oxygen atoms in total. The first kappa shape index (κ1) is 25.7. The second-order valence-corrected chi connectivity index (χ2v) is 8.47. The number of carbonyl (C=O) groups excluding carboxylic acids is 2. The van der Waals surface area contributed by atoms with Gasteiger partial charge in [-0.15, -0.1) is 0 Å². The van der Waals surface area contributed by atoms with Gasteiger partial charge in [-0.3, -0.25) is 4.79 Å². The van der Waals surface area contributed by atoms with Gasteiger partial charge in [0.2, 0.25) is 5.91 Å². The van der Waals surface area contributed by atoms with Crippen molar-refractivity contribution in [2.24, 2.45) is 0 Å². The third kappa shape index (κ3) is 15.2. The van der Waals surface area contributed by atoms with Crippen molar-refractivity contribution in [3.8, 4) is 0 Å². The molecule has 0 aliphatic carbocycles. The predicted molar refractivity (Wildman–Crippen MR) is 121 cm³/mol. The minimum Gasteiger partial charge on any atom is -0.464 e. The van der Waals surface area contributed by atoms with Crippen LogP contribution in [0.25, 0.3) is 0 Å². The van der Waals surface area contributed by atoms with Gasteiger partial charge in [0, 0.05) is 6.42 Å². The zero-order valence-electron chi connectivity index (χ0n) is 18.9. The number of rotatable bonds is 19. The van der Waals surface area contributed by atoms with E-state index < -0.39 is 6.04 Å². The van der Waals surface area contributed by atoms with E-state index in [1.165, 1.54) is 89.9 Å². The van der Waals surface area contributed by atoms with Crippen molar-refractivity contribution in [3.05, 3.63) is 12.2 Å². The summed E-state index contributed by atoms with van der Waals surface area (Å²) >= 11 is 0. The third-order valence-corrected chi connectivity index (χ3v) is 5.68. The van der Waals surface area contributed by atoms with E-state index in [1.54, 1.807) is 0 Å². The highest BCUT2D eigenvalue weighted by atomic mass is 16.5. The molecule has 0 spiro atoms. The van der Waals surface area contributed by atoms with Crippen LogP contribution in [0.3, 0.4) is 0 Å². The van der Waals surface area contributed by atoms with Crippen LogP contribution in [0.5, 0.6) is 0 Å². The fraction of sp³-hybridized carbons (Fsp3) is 0.840. The number of hydrogen-bond acceptors (Lipinski definition) is 3. The molecule has 1 aliphatic heterocycles. The van der Waals surface area contributed by atoms with E-state index in [9.17, 15) is 9.59 Å². The molecule has 0 unspecified atom stereocenters. The fourth-order valence-electron chi connectivity index (χ4n) is 3.77. The summed E-state index contributed by atoms with van der Waals surface area (Å²) in [5.41, 5.74) is 0. The van der Waals surface area contributed by atoms with Crippen LogP contribution >= 0.6 is 0 Å². The Labute approximate surface area is 179 Å². The van der Waals surface area contributed by atoms with Crippen LogP contribution in [-0.2, 0) is 14.3 Å². The molecule has 0 aromatic carbocycles. The molecule has 0 aromatic rings. The number of esters is 1. The van der Waals surface area contributed by atoms with Crippen molar-refractivity contribution in [3.63, 3.8) is 0 Å². The van der Waals surface area contributed by atoms with Gasteiger partial charge in [-0.25, -0.2) is 4.79 Å². The number of ether oxygens (including phenoxy) is 1. The summed E-state index contributed by atoms with van der Waals surface area (Å²) in [7, 11) is 0. The molecule has 1 aliphatic rings. The zero-order valence-corrected chi connectivity index (χ0v) is 18.9. The van der Waals surface area contributed by atoms with Gasteiger partial charge in [0.05, 0.1) is 6.61 Å². The number of hydrogen-bond donors (Lipinski definition) is 1. The summed E-state index contributed by atoms with van der Waals surface area (Å²) in [4.78, 5) is 22.8. The second-order valence-electron chi connectivity index (χ2n) is 8.47. The average Bonchev–Trinajstić information content (AvgIpc) is 3.16. The Morgan fingerprint density at radius 2 is 1.38 bits per heavy atom. The molecule has 0 saturated carbocycles. The molecular weight excluding hydrogens is 362 g/mol. The molecule has 1 atom stereocenters. The molecule has 1 heterocycles. The van der Waals surface area contributed by atoms with E-state index >= 15 is 0 Å². The largest absolute Gasteiger partial charge is 0.464 e. The van der Waals surface area contributed by atoms with Gasteiger partial charge in [-0.2, -0.15) is 0 Å². The summed E-state index contributed by atoms with van der Waals surface area (Å²) in [5, 5.41) is 2.64. The fourth-order valence-corrected chi connectivity index (χ4v) is 3.77. The van der Waals surface area contributed by atoms with Gasteiger partial charge >= 0.3 is 5.97 Å². The zero-order chi connectivity index (χ0) is 21.0. The highest BCUT2D eigenvalue weighted by molar-refractivity contribution is 5.87. The van der Waals surface area contributed by atoms with Gasteiger partial charge in [0.1, 0.15) is 6.04 Å². The smallest absolute Gasteiger partial charge is 0.328 e. The topological polar surface area (TPSA) is 55.4 Å². The molecule has 0 bridgehead atoms. The first-order valence-corrected chi connectivity index (χ1v) is 12.3. The van der Waals surface area contributed by atoms with Crippen molar-refractivity contribution in [1.82, 2.24) is 5.32 Å². The Morgan fingerprint density at radius 3 is 1.90 bits per heavy atom. The van der Waals surface area contributed by atoms with Crippen molar-refractivity contribution in [2.45, 2.75) is 129 Å². The lowest BCUT2D eigenvalue weighted by atomic mass is 10.1. The molecule has 29 heavy (non-hydrogen) atoms. The van der Waals surface area contributed by atoms with Crippen LogP contribution in [0.1, 0.15) is 122 Å². The Hall–Kier alpha value is -1.32. The van der Waals surface area contributed by atoms with Gasteiger partial charge < -0.3 is 10.1 Å². The van der Waals surface area contributed by atoms with E-state index in [4.69, 9.17) is 4.74 Å². The van der Waals surface area contributed by atoms with Crippen molar-refractivity contribution in [2.75, 3.05) is 6.61 Å². The highest BCUT2D eigenvalue weighted by Crippen LogP contribution is 2.12. The average molecular weight is 408 g/mol. The molecule has 0 aromatic heterocycles. The van der Waals surface area contributed by atoms with Crippen LogP contribution in [0, 0.1) is 0 Å². The summed E-state index contributed by atoms with van der Waals surface area (Å²) in [5.74, 6) is -0.317. The van der Waals surface area contributed by atoms with Crippen LogP contribution in [-0.4, -0.2) is 24.5 Å². The van der Waals surface area contributed by atoms with Gasteiger partial charge in [-0.1, -0.05) is 89.7 Å². The van der Waals surface area contributed by atoms with E-state index in [0.29, 0.717) is 19.4 Å². The van der Waals surface area contributed by atoms with Crippen LogP contribution in [0.2, 0.25) is 0 Å². The maximum atomic E-state index is 11.7. The number of nitrogens with one attached hydrogen (secondary N) is 1. The molecule has 1 N–H and O–H groups in total. The maximum Gasteiger partial charge on any atom is 0.328 e. The first-order valence-electron chi connectivity index (χ1n) is 12.3. The molecule has 1 saturated heterocycles. The number of unbranched alkanes of at least 4 members (excludes halogenated alkanes) is 14. The SMILES string of the molecule is CCCCCCCCCCC/C=C/CCCCCCCOC(=O)[C@@H]1CCC(=O)N1. The Balaban J connectivity index is 1.75. The van der Waals surface area contributed by atoms with Crippen LogP contribution < -0.4 is 5.32 Å². The normalized spacial score (nSPS) is 16.4. The minimum atomic E-state index is -0.412. The summed E-state index contributed by atoms with van der Waals surface area (Å²) in [6, 6.07) is -0.412. The molecule has 1 fully saturated rings. The molecule has 1 amide bonds. The second kappa shape index (κ2) is 18.7. The van der Waals surface area contributed by atoms with Crippen molar-refractivity contribution >= 4 is 11.9 Å². The van der Waals surface area contributed by atoms with Crippen LogP contribution in [0.4, 0.5) is 0 Å². The molecule has 0 radical (unpaired) electrons. The minimum absolute atomic E-state index is 0.0471. The van der Waals surface area contributed by atoms with E-state index in [2.05, 4.69) is 24.4 Å². The van der Waals surface area contributed by atoms with E-state index in [1.807, 2.05) is 0 Å². The lowest BCUT2D eigenvalue weighted by Crippen LogP contribution is -2.34. The standard InChI is InChI=1S/C25H45NO3/c1-2-3-4-5-6-7-8-9-10-11-12-13-14-15-16-17-18-19-22-29-25(28)23-20-21-24(27)26-23/h12-13,23H,2-11,14-22H2,1H3,(H,26,27)/b13-12+/t23-/m0/s1. The van der Waals surface area contributed by atoms with Gasteiger partial charge in [0.25, 0.3) is 0 Å². The lowest BCUT2D eigenvalue weighted by molar-refractivity contribution is -0.146. The molecular formula is C25H45NO3. The predicted octanol–water partition coefficient (Wildman–Crippen LogP) is 6.63. The lowest BCUT2D eigenvalue weighted by Gasteiger charge is -2.09. The van der Waals surface area contributed by atoms with Crippen molar-refractivity contribution < 1.29 is 14.3 Å². The number of amides is 1. The van der Waals surface area contributed by atoms with Crippen LogP contribution in [0.15, 0.2) is 12.2 Å². The molecule has 168 valence electrons. The maximum absolute atomic E-state index is 11.7.